The van der Waals surface area contributed by atoms with Crippen LogP contribution in [-0.4, -0.2) is 15.6 Å². The summed E-state index contributed by atoms with van der Waals surface area (Å²) in [6.07, 6.45) is -7.87. The summed E-state index contributed by atoms with van der Waals surface area (Å²) in [5.41, 5.74) is -1.88. The maximum Gasteiger partial charge on any atom is 0.418 e. The van der Waals surface area contributed by atoms with Gasteiger partial charge in [-0.1, -0.05) is 11.6 Å². The van der Waals surface area contributed by atoms with Gasteiger partial charge in [0.15, 0.2) is 0 Å². The zero-order valence-corrected chi connectivity index (χ0v) is 13.3. The molecule has 2 nitrogen and oxygen atoms in total. The van der Waals surface area contributed by atoms with Crippen molar-refractivity contribution in [3.8, 4) is 0 Å². The lowest BCUT2D eigenvalue weighted by Crippen LogP contribution is -2.33. The molecular formula is C16H12ClF6NO. The highest BCUT2D eigenvalue weighted by molar-refractivity contribution is 6.30. The molecular weight excluding hydrogens is 372 g/mol. The molecule has 1 N–H and O–H groups in total. The molecule has 1 unspecified atom stereocenters. The summed E-state index contributed by atoms with van der Waals surface area (Å²) >= 11 is 5.73. The first-order valence-corrected chi connectivity index (χ1v) is 7.67. The molecule has 1 aromatic heterocycles. The minimum Gasteiger partial charge on any atom is -0.382 e. The Morgan fingerprint density at radius 1 is 1.24 bits per heavy atom. The van der Waals surface area contributed by atoms with Gasteiger partial charge in [0, 0.05) is 35.4 Å². The highest BCUT2D eigenvalue weighted by Crippen LogP contribution is 2.47. The van der Waals surface area contributed by atoms with E-state index in [1.54, 1.807) is 0 Å². The number of aliphatic hydroxyl groups excluding tert-OH is 1. The number of aromatic nitrogens is 1. The summed E-state index contributed by atoms with van der Waals surface area (Å²) in [6.45, 7) is -0.186. The lowest BCUT2D eigenvalue weighted by Gasteiger charge is -2.29. The number of hydrogen-bond donors (Lipinski definition) is 1. The fraction of sp³-hybridized carbons (Fsp3) is 0.375. The molecule has 3 rings (SSSR count). The molecule has 1 aliphatic rings. The molecule has 1 heterocycles. The van der Waals surface area contributed by atoms with Gasteiger partial charge < -0.3 is 9.67 Å². The number of alkyl halides is 5. The van der Waals surface area contributed by atoms with E-state index in [0.717, 1.165) is 16.7 Å². The molecule has 2 aromatic rings. The fourth-order valence-corrected chi connectivity index (χ4v) is 3.34. The summed E-state index contributed by atoms with van der Waals surface area (Å²) in [4.78, 5) is 0. The zero-order chi connectivity index (χ0) is 18.6. The summed E-state index contributed by atoms with van der Waals surface area (Å²) in [5.74, 6) is -4.30. The van der Waals surface area contributed by atoms with Crippen LogP contribution in [-0.2, 0) is 19.1 Å². The van der Waals surface area contributed by atoms with Crippen LogP contribution in [0.5, 0.6) is 0 Å². The average molecular weight is 384 g/mol. The topological polar surface area (TPSA) is 25.2 Å². The molecule has 0 saturated heterocycles. The van der Waals surface area contributed by atoms with Crippen molar-refractivity contribution >= 4 is 11.6 Å². The Bertz CT molecular complexity index is 793. The van der Waals surface area contributed by atoms with Gasteiger partial charge in [-0.15, -0.1) is 0 Å². The predicted octanol–water partition coefficient (Wildman–Crippen LogP) is 4.96. The molecule has 0 fully saturated rings. The second-order valence-electron chi connectivity index (χ2n) is 5.97. The van der Waals surface area contributed by atoms with Gasteiger partial charge in [0.1, 0.15) is 11.9 Å². The van der Waals surface area contributed by atoms with Gasteiger partial charge in [-0.3, -0.25) is 0 Å². The molecule has 1 aromatic carbocycles. The fourth-order valence-electron chi connectivity index (χ4n) is 3.10. The van der Waals surface area contributed by atoms with E-state index in [1.165, 1.54) is 6.07 Å². The molecule has 0 aliphatic heterocycles. The number of halogens is 7. The molecule has 136 valence electrons. The van der Waals surface area contributed by atoms with Crippen LogP contribution in [0.1, 0.15) is 34.9 Å². The molecule has 1 aliphatic carbocycles. The average Bonchev–Trinajstić information content (AvgIpc) is 2.81. The summed E-state index contributed by atoms with van der Waals surface area (Å²) in [6, 6.07) is 3.51. The van der Waals surface area contributed by atoms with Crippen LogP contribution in [0.15, 0.2) is 24.4 Å². The van der Waals surface area contributed by atoms with E-state index in [0.29, 0.717) is 6.20 Å². The summed E-state index contributed by atoms with van der Waals surface area (Å²) < 4.78 is 81.6. The first-order valence-electron chi connectivity index (χ1n) is 7.29. The molecule has 0 bridgehead atoms. The van der Waals surface area contributed by atoms with Gasteiger partial charge in [-0.25, -0.2) is 13.2 Å². The monoisotopic (exact) mass is 383 g/mol. The van der Waals surface area contributed by atoms with Crippen LogP contribution in [0.25, 0.3) is 0 Å². The normalized spacial score (nSPS) is 19.8. The summed E-state index contributed by atoms with van der Waals surface area (Å²) in [5, 5.41) is 9.82. The third-order valence-electron chi connectivity index (χ3n) is 4.18. The van der Waals surface area contributed by atoms with E-state index in [-0.39, 0.29) is 29.2 Å². The second kappa shape index (κ2) is 5.95. The van der Waals surface area contributed by atoms with Crippen LogP contribution in [0, 0.1) is 5.82 Å². The Labute approximate surface area is 143 Å². The van der Waals surface area contributed by atoms with Crippen molar-refractivity contribution < 1.29 is 31.4 Å². The van der Waals surface area contributed by atoms with Gasteiger partial charge in [-0.2, -0.15) is 13.2 Å². The number of hydrogen-bond acceptors (Lipinski definition) is 1. The number of benzene rings is 1. The summed E-state index contributed by atoms with van der Waals surface area (Å²) in [7, 11) is 0. The van der Waals surface area contributed by atoms with E-state index >= 15 is 0 Å². The van der Waals surface area contributed by atoms with Gasteiger partial charge in [0.25, 0.3) is 5.92 Å². The highest BCUT2D eigenvalue weighted by Gasteiger charge is 2.50. The minimum absolute atomic E-state index is 0.0360. The van der Waals surface area contributed by atoms with E-state index in [1.807, 2.05) is 0 Å². The number of nitrogens with zero attached hydrogens (tertiary/aromatic N) is 1. The van der Waals surface area contributed by atoms with Crippen molar-refractivity contribution in [2.45, 2.75) is 37.6 Å². The Morgan fingerprint density at radius 3 is 2.52 bits per heavy atom. The maximum absolute atomic E-state index is 13.7. The van der Waals surface area contributed by atoms with Crippen LogP contribution in [0.2, 0.25) is 5.02 Å². The van der Waals surface area contributed by atoms with E-state index in [4.69, 9.17) is 11.6 Å². The van der Waals surface area contributed by atoms with Crippen LogP contribution in [0.4, 0.5) is 26.3 Å². The van der Waals surface area contributed by atoms with Crippen molar-refractivity contribution in [3.63, 3.8) is 0 Å². The largest absolute Gasteiger partial charge is 0.418 e. The Kier molecular flexibility index (Phi) is 4.31. The van der Waals surface area contributed by atoms with Crippen molar-refractivity contribution in [2.24, 2.45) is 0 Å². The van der Waals surface area contributed by atoms with E-state index in [9.17, 15) is 31.4 Å². The standard InChI is InChI=1S/C16H12ClF6NO/c17-9-3-8(4-10(18)5-9)6-24-7-11(16(21,22)23)13-12(24)1-2-15(19,20)14(13)25/h3-5,7,14,25H,1-2,6H2. The van der Waals surface area contributed by atoms with Crippen LogP contribution >= 0.6 is 11.6 Å². The minimum atomic E-state index is -4.90. The number of rotatable bonds is 2. The molecule has 9 heteroatoms. The van der Waals surface area contributed by atoms with E-state index in [2.05, 4.69) is 0 Å². The number of fused-ring (bicyclic) bond motifs is 1. The van der Waals surface area contributed by atoms with Crippen molar-refractivity contribution in [1.82, 2.24) is 4.57 Å². The molecule has 0 spiro atoms. The first kappa shape index (κ1) is 18.1. The third-order valence-corrected chi connectivity index (χ3v) is 4.40. The smallest absolute Gasteiger partial charge is 0.382 e. The van der Waals surface area contributed by atoms with Gasteiger partial charge in [0.05, 0.1) is 5.56 Å². The first-order chi connectivity index (χ1) is 11.5. The SMILES string of the molecule is OC1c2c(C(F)(F)F)cn(Cc3cc(F)cc(Cl)c3)c2CCC1(F)F. The maximum atomic E-state index is 13.7. The van der Waals surface area contributed by atoms with Crippen LogP contribution < -0.4 is 0 Å². The second-order valence-corrected chi connectivity index (χ2v) is 6.41. The van der Waals surface area contributed by atoms with Gasteiger partial charge in [0.2, 0.25) is 0 Å². The van der Waals surface area contributed by atoms with Gasteiger partial charge in [-0.05, 0) is 30.2 Å². The lowest BCUT2D eigenvalue weighted by atomic mass is 9.89. The van der Waals surface area contributed by atoms with E-state index < -0.39 is 41.6 Å². The third kappa shape index (κ3) is 3.37. The zero-order valence-electron chi connectivity index (χ0n) is 12.5. The Morgan fingerprint density at radius 2 is 1.92 bits per heavy atom. The van der Waals surface area contributed by atoms with Crippen molar-refractivity contribution in [3.05, 3.63) is 57.6 Å². The molecule has 0 radical (unpaired) electrons. The predicted molar refractivity (Wildman–Crippen MR) is 78.2 cm³/mol. The molecule has 0 amide bonds. The van der Waals surface area contributed by atoms with Gasteiger partial charge >= 0.3 is 6.18 Å². The van der Waals surface area contributed by atoms with Crippen molar-refractivity contribution in [1.29, 1.82) is 0 Å². The Balaban J connectivity index is 2.10. The molecule has 0 saturated carbocycles. The highest BCUT2D eigenvalue weighted by atomic mass is 35.5. The molecule has 1 atom stereocenters. The quantitative estimate of drug-likeness (QED) is 0.728. The van der Waals surface area contributed by atoms with Crippen molar-refractivity contribution in [2.75, 3.05) is 0 Å². The Hall–Kier alpha value is -1.67. The lowest BCUT2D eigenvalue weighted by molar-refractivity contribution is -0.147. The molecule has 25 heavy (non-hydrogen) atoms. The number of aliphatic hydroxyl groups is 1. The van der Waals surface area contributed by atoms with Crippen LogP contribution in [0.3, 0.4) is 0 Å².